The summed E-state index contributed by atoms with van der Waals surface area (Å²) in [6, 6.07) is 5.16. The average molecular weight is 241 g/mol. The van der Waals surface area contributed by atoms with Gasteiger partial charge in [0.2, 0.25) is 0 Å². The van der Waals surface area contributed by atoms with E-state index in [9.17, 15) is 9.50 Å². The SMILES string of the molecule is Oc1c(F)cccc1CNC1CCSCC1. The quantitative estimate of drug-likeness (QED) is 0.853. The van der Waals surface area contributed by atoms with Crippen LogP contribution in [0.4, 0.5) is 4.39 Å². The number of rotatable bonds is 3. The smallest absolute Gasteiger partial charge is 0.165 e. The third kappa shape index (κ3) is 2.89. The summed E-state index contributed by atoms with van der Waals surface area (Å²) >= 11 is 1.98. The van der Waals surface area contributed by atoms with E-state index in [-0.39, 0.29) is 5.75 Å². The third-order valence-corrected chi connectivity index (χ3v) is 3.92. The summed E-state index contributed by atoms with van der Waals surface area (Å²) in [6.07, 6.45) is 2.31. The van der Waals surface area contributed by atoms with Crippen molar-refractivity contribution in [2.75, 3.05) is 11.5 Å². The maximum atomic E-state index is 13.1. The number of benzene rings is 1. The molecule has 0 bridgehead atoms. The van der Waals surface area contributed by atoms with Crippen molar-refractivity contribution in [3.8, 4) is 5.75 Å². The maximum absolute atomic E-state index is 13.1. The van der Waals surface area contributed by atoms with E-state index in [1.807, 2.05) is 11.8 Å². The Morgan fingerprint density at radius 1 is 1.38 bits per heavy atom. The second-order valence-corrected chi connectivity index (χ2v) is 5.24. The Labute approximate surface area is 99.2 Å². The summed E-state index contributed by atoms with van der Waals surface area (Å²) in [4.78, 5) is 0. The predicted octanol–water partition coefficient (Wildman–Crippen LogP) is 2.52. The van der Waals surface area contributed by atoms with E-state index >= 15 is 0 Å². The van der Waals surface area contributed by atoms with Crippen LogP contribution in [0.3, 0.4) is 0 Å². The number of hydrogen-bond donors (Lipinski definition) is 2. The zero-order valence-electron chi connectivity index (χ0n) is 9.08. The standard InChI is InChI=1S/C12H16FNOS/c13-11-3-1-2-9(12(11)15)8-14-10-4-6-16-7-5-10/h1-3,10,14-15H,4-8H2. The van der Waals surface area contributed by atoms with E-state index in [0.717, 1.165) is 12.8 Å². The highest BCUT2D eigenvalue weighted by molar-refractivity contribution is 7.99. The summed E-state index contributed by atoms with van der Waals surface area (Å²) < 4.78 is 13.1. The van der Waals surface area contributed by atoms with E-state index in [4.69, 9.17) is 0 Å². The van der Waals surface area contributed by atoms with Crippen LogP contribution in [0.25, 0.3) is 0 Å². The summed E-state index contributed by atoms with van der Waals surface area (Å²) in [5, 5.41) is 12.9. The number of phenolic OH excluding ortho intramolecular Hbond substituents is 1. The first-order valence-corrected chi connectivity index (χ1v) is 6.70. The van der Waals surface area contributed by atoms with Crippen LogP contribution < -0.4 is 5.32 Å². The molecule has 1 aromatic rings. The molecule has 0 spiro atoms. The molecule has 0 aliphatic carbocycles. The predicted molar refractivity (Wildman–Crippen MR) is 65.3 cm³/mol. The lowest BCUT2D eigenvalue weighted by molar-refractivity contribution is 0.415. The topological polar surface area (TPSA) is 32.3 Å². The van der Waals surface area contributed by atoms with Crippen LogP contribution >= 0.6 is 11.8 Å². The minimum absolute atomic E-state index is 0.222. The molecule has 2 nitrogen and oxygen atoms in total. The molecule has 0 unspecified atom stereocenters. The molecule has 0 radical (unpaired) electrons. The van der Waals surface area contributed by atoms with Gasteiger partial charge in [-0.1, -0.05) is 12.1 Å². The largest absolute Gasteiger partial charge is 0.505 e. The van der Waals surface area contributed by atoms with Gasteiger partial charge < -0.3 is 10.4 Å². The molecule has 1 aliphatic rings. The van der Waals surface area contributed by atoms with Crippen molar-refractivity contribution in [3.63, 3.8) is 0 Å². The lowest BCUT2D eigenvalue weighted by Gasteiger charge is -2.22. The number of halogens is 1. The van der Waals surface area contributed by atoms with Crippen molar-refractivity contribution in [3.05, 3.63) is 29.6 Å². The Balaban J connectivity index is 1.91. The van der Waals surface area contributed by atoms with Crippen LogP contribution in [0.2, 0.25) is 0 Å². The van der Waals surface area contributed by atoms with Gasteiger partial charge >= 0.3 is 0 Å². The van der Waals surface area contributed by atoms with E-state index in [2.05, 4.69) is 5.32 Å². The van der Waals surface area contributed by atoms with Gasteiger partial charge in [-0.2, -0.15) is 11.8 Å². The van der Waals surface area contributed by atoms with E-state index in [1.165, 1.54) is 17.6 Å². The van der Waals surface area contributed by atoms with Crippen LogP contribution in [0, 0.1) is 5.82 Å². The van der Waals surface area contributed by atoms with Gasteiger partial charge in [-0.25, -0.2) is 4.39 Å². The van der Waals surface area contributed by atoms with Gasteiger partial charge in [-0.05, 0) is 30.4 Å². The summed E-state index contributed by atoms with van der Waals surface area (Å²) in [5.74, 6) is 1.61. The molecule has 0 saturated carbocycles. The molecular weight excluding hydrogens is 225 g/mol. The number of nitrogens with one attached hydrogen (secondary N) is 1. The summed E-state index contributed by atoms with van der Waals surface area (Å²) in [7, 11) is 0. The molecule has 2 rings (SSSR count). The highest BCUT2D eigenvalue weighted by Gasteiger charge is 2.14. The molecular formula is C12H16FNOS. The van der Waals surface area contributed by atoms with Crippen molar-refractivity contribution in [1.82, 2.24) is 5.32 Å². The minimum atomic E-state index is -0.543. The number of para-hydroxylation sites is 1. The van der Waals surface area contributed by atoms with Crippen molar-refractivity contribution in [1.29, 1.82) is 0 Å². The van der Waals surface area contributed by atoms with Gasteiger partial charge in [-0.3, -0.25) is 0 Å². The Hall–Kier alpha value is -0.740. The van der Waals surface area contributed by atoms with Crippen molar-refractivity contribution in [2.24, 2.45) is 0 Å². The second-order valence-electron chi connectivity index (χ2n) is 4.02. The average Bonchev–Trinajstić information content (AvgIpc) is 2.32. The van der Waals surface area contributed by atoms with Gasteiger partial charge in [0.1, 0.15) is 0 Å². The summed E-state index contributed by atoms with van der Waals surface area (Å²) in [5.41, 5.74) is 0.637. The van der Waals surface area contributed by atoms with Crippen molar-refractivity contribution in [2.45, 2.75) is 25.4 Å². The zero-order chi connectivity index (χ0) is 11.4. The van der Waals surface area contributed by atoms with Gasteiger partial charge in [0, 0.05) is 18.2 Å². The molecule has 1 aliphatic heterocycles. The Morgan fingerprint density at radius 3 is 2.88 bits per heavy atom. The van der Waals surface area contributed by atoms with Crippen LogP contribution in [0.1, 0.15) is 18.4 Å². The molecule has 2 N–H and O–H groups in total. The molecule has 1 fully saturated rings. The van der Waals surface area contributed by atoms with Gasteiger partial charge in [-0.15, -0.1) is 0 Å². The number of hydrogen-bond acceptors (Lipinski definition) is 3. The molecule has 88 valence electrons. The van der Waals surface area contributed by atoms with Gasteiger partial charge in [0.15, 0.2) is 11.6 Å². The first-order chi connectivity index (χ1) is 7.77. The molecule has 0 amide bonds. The molecule has 1 aromatic carbocycles. The highest BCUT2D eigenvalue weighted by atomic mass is 32.2. The fourth-order valence-corrected chi connectivity index (χ4v) is 2.97. The molecule has 1 heterocycles. The highest BCUT2D eigenvalue weighted by Crippen LogP contribution is 2.22. The van der Waals surface area contributed by atoms with Crippen molar-refractivity contribution >= 4 is 11.8 Å². The third-order valence-electron chi connectivity index (χ3n) is 2.87. The molecule has 1 saturated heterocycles. The Morgan fingerprint density at radius 2 is 2.12 bits per heavy atom. The number of thioether (sulfide) groups is 1. The lowest BCUT2D eigenvalue weighted by atomic mass is 10.1. The lowest BCUT2D eigenvalue weighted by Crippen LogP contribution is -2.32. The van der Waals surface area contributed by atoms with Crippen LogP contribution in [0.15, 0.2) is 18.2 Å². The van der Waals surface area contributed by atoms with Crippen LogP contribution in [-0.2, 0) is 6.54 Å². The first kappa shape index (κ1) is 11.7. The maximum Gasteiger partial charge on any atom is 0.165 e. The molecule has 0 aromatic heterocycles. The molecule has 16 heavy (non-hydrogen) atoms. The van der Waals surface area contributed by atoms with Gasteiger partial charge in [0.05, 0.1) is 0 Å². The monoisotopic (exact) mass is 241 g/mol. The second kappa shape index (κ2) is 5.55. The molecule has 0 atom stereocenters. The van der Waals surface area contributed by atoms with E-state index in [0.29, 0.717) is 18.2 Å². The summed E-state index contributed by atoms with van der Waals surface area (Å²) in [6.45, 7) is 0.541. The minimum Gasteiger partial charge on any atom is -0.505 e. The van der Waals surface area contributed by atoms with Crippen LogP contribution in [0.5, 0.6) is 5.75 Å². The number of phenols is 1. The first-order valence-electron chi connectivity index (χ1n) is 5.55. The fraction of sp³-hybridized carbons (Fsp3) is 0.500. The van der Waals surface area contributed by atoms with Crippen molar-refractivity contribution < 1.29 is 9.50 Å². The van der Waals surface area contributed by atoms with E-state index < -0.39 is 5.82 Å². The van der Waals surface area contributed by atoms with Crippen LogP contribution in [-0.4, -0.2) is 22.7 Å². The Bertz CT molecular complexity index is 353. The Kier molecular flexibility index (Phi) is 4.07. The normalized spacial score (nSPS) is 17.6. The fourth-order valence-electron chi connectivity index (χ4n) is 1.86. The van der Waals surface area contributed by atoms with E-state index in [1.54, 1.807) is 12.1 Å². The van der Waals surface area contributed by atoms with Gasteiger partial charge in [0.25, 0.3) is 0 Å². The number of aromatic hydroxyl groups is 1. The zero-order valence-corrected chi connectivity index (χ0v) is 9.89. The molecule has 4 heteroatoms.